The summed E-state index contributed by atoms with van der Waals surface area (Å²) < 4.78 is 0. The van der Waals surface area contributed by atoms with Crippen molar-refractivity contribution in [3.63, 3.8) is 0 Å². The van der Waals surface area contributed by atoms with Crippen LogP contribution in [0.3, 0.4) is 0 Å². The van der Waals surface area contributed by atoms with Crippen LogP contribution in [0.4, 0.5) is 0 Å². The fraction of sp³-hybridized carbons (Fsp3) is 0.524. The number of carbonyl (C=O) groups is 2. The summed E-state index contributed by atoms with van der Waals surface area (Å²) in [5, 5.41) is 0. The molecule has 4 heteroatoms. The molecule has 25 heavy (non-hydrogen) atoms. The fourth-order valence-electron chi connectivity index (χ4n) is 3.66. The molecule has 4 nitrogen and oxygen atoms in total. The summed E-state index contributed by atoms with van der Waals surface area (Å²) in [6.45, 7) is 10.4. The molecule has 0 aliphatic carbocycles. The first-order valence-corrected chi connectivity index (χ1v) is 9.25. The third-order valence-electron chi connectivity index (χ3n) is 5.64. The van der Waals surface area contributed by atoms with E-state index in [1.807, 2.05) is 41.0 Å². The molecule has 2 atom stereocenters. The number of likely N-dealkylation sites (tertiary alicyclic amines) is 1. The average Bonchev–Trinajstić information content (AvgIpc) is 3.19. The number of amides is 2. The molecule has 2 unspecified atom stereocenters. The van der Waals surface area contributed by atoms with Crippen molar-refractivity contribution in [1.29, 1.82) is 0 Å². The molecule has 3 rings (SSSR count). The van der Waals surface area contributed by atoms with Crippen LogP contribution in [0.2, 0.25) is 0 Å². The summed E-state index contributed by atoms with van der Waals surface area (Å²) in [7, 11) is 0. The first-order chi connectivity index (χ1) is 11.9. The van der Waals surface area contributed by atoms with Gasteiger partial charge in [0.1, 0.15) is 0 Å². The van der Waals surface area contributed by atoms with Gasteiger partial charge >= 0.3 is 0 Å². The van der Waals surface area contributed by atoms with Gasteiger partial charge in [0.15, 0.2) is 0 Å². The van der Waals surface area contributed by atoms with Crippen LogP contribution in [-0.2, 0) is 11.3 Å². The minimum Gasteiger partial charge on any atom is -0.337 e. The first kappa shape index (κ1) is 17.7. The van der Waals surface area contributed by atoms with Gasteiger partial charge in [0.2, 0.25) is 5.91 Å². The number of nitrogens with zero attached hydrogens (tertiary/aromatic N) is 2. The molecule has 2 aliphatic rings. The summed E-state index contributed by atoms with van der Waals surface area (Å²) in [6, 6.07) is 7.93. The van der Waals surface area contributed by atoms with Crippen LogP contribution >= 0.6 is 0 Å². The second-order valence-electron chi connectivity index (χ2n) is 7.74. The van der Waals surface area contributed by atoms with Crippen molar-refractivity contribution in [3.05, 3.63) is 47.0 Å². The van der Waals surface area contributed by atoms with Gasteiger partial charge in [-0.3, -0.25) is 9.59 Å². The fourth-order valence-corrected chi connectivity index (χ4v) is 3.66. The van der Waals surface area contributed by atoms with E-state index in [0.29, 0.717) is 24.9 Å². The zero-order valence-electron chi connectivity index (χ0n) is 15.7. The second kappa shape index (κ2) is 7.03. The Bertz CT molecular complexity index is 708. The van der Waals surface area contributed by atoms with E-state index in [-0.39, 0.29) is 17.9 Å². The highest BCUT2D eigenvalue weighted by molar-refractivity contribution is 5.98. The van der Waals surface area contributed by atoms with Crippen LogP contribution in [0.1, 0.15) is 50.0 Å². The van der Waals surface area contributed by atoms with Crippen molar-refractivity contribution in [2.75, 3.05) is 13.1 Å². The van der Waals surface area contributed by atoms with Crippen molar-refractivity contribution in [3.8, 4) is 0 Å². The molecule has 0 aromatic heterocycles. The van der Waals surface area contributed by atoms with Crippen LogP contribution in [0, 0.1) is 11.8 Å². The van der Waals surface area contributed by atoms with Crippen molar-refractivity contribution in [1.82, 2.24) is 9.80 Å². The molecule has 2 amide bonds. The van der Waals surface area contributed by atoms with E-state index in [1.165, 1.54) is 0 Å². The third-order valence-corrected chi connectivity index (χ3v) is 5.64. The van der Waals surface area contributed by atoms with E-state index < -0.39 is 0 Å². The molecule has 1 saturated heterocycles. The SMILES string of the molecule is C/C(=C\C(C)C(C)C)C(=O)N1CCC(N2Cc3ccccc3C2=O)C1. The third kappa shape index (κ3) is 3.48. The van der Waals surface area contributed by atoms with Gasteiger partial charge in [-0.25, -0.2) is 0 Å². The van der Waals surface area contributed by atoms with Gasteiger partial charge in [-0.2, -0.15) is 0 Å². The quantitative estimate of drug-likeness (QED) is 0.787. The second-order valence-corrected chi connectivity index (χ2v) is 7.74. The number of hydrogen-bond donors (Lipinski definition) is 0. The molecule has 1 aromatic carbocycles. The van der Waals surface area contributed by atoms with Gasteiger partial charge in [-0.1, -0.05) is 45.0 Å². The highest BCUT2D eigenvalue weighted by atomic mass is 16.2. The standard InChI is InChI=1S/C21H28N2O2/c1-14(2)15(3)11-16(4)20(24)22-10-9-18(13-22)23-12-17-7-5-6-8-19(17)21(23)25/h5-8,11,14-15,18H,9-10,12-13H2,1-4H3/b16-11+. The van der Waals surface area contributed by atoms with Crippen LogP contribution in [0.5, 0.6) is 0 Å². The van der Waals surface area contributed by atoms with E-state index in [9.17, 15) is 9.59 Å². The number of carbonyl (C=O) groups excluding carboxylic acids is 2. The molecular weight excluding hydrogens is 312 g/mol. The van der Waals surface area contributed by atoms with Crippen LogP contribution < -0.4 is 0 Å². The number of allylic oxidation sites excluding steroid dienone is 1. The molecule has 0 saturated carbocycles. The van der Waals surface area contributed by atoms with E-state index in [4.69, 9.17) is 0 Å². The van der Waals surface area contributed by atoms with Gasteiger partial charge in [0.05, 0.1) is 6.04 Å². The summed E-state index contributed by atoms with van der Waals surface area (Å²) in [5.74, 6) is 1.13. The number of benzene rings is 1. The lowest BCUT2D eigenvalue weighted by molar-refractivity contribution is -0.126. The predicted molar refractivity (Wildman–Crippen MR) is 99.1 cm³/mol. The Hall–Kier alpha value is -2.10. The molecule has 2 aliphatic heterocycles. The average molecular weight is 340 g/mol. The number of fused-ring (bicyclic) bond motifs is 1. The smallest absolute Gasteiger partial charge is 0.254 e. The Kier molecular flexibility index (Phi) is 4.98. The van der Waals surface area contributed by atoms with Crippen LogP contribution in [0.15, 0.2) is 35.9 Å². The molecule has 0 bridgehead atoms. The largest absolute Gasteiger partial charge is 0.337 e. The van der Waals surface area contributed by atoms with Gasteiger partial charge in [-0.15, -0.1) is 0 Å². The van der Waals surface area contributed by atoms with Crippen molar-refractivity contribution < 1.29 is 9.59 Å². The molecule has 0 radical (unpaired) electrons. The highest BCUT2D eigenvalue weighted by Crippen LogP contribution is 2.28. The van der Waals surface area contributed by atoms with E-state index in [0.717, 1.165) is 29.7 Å². The molecular formula is C21H28N2O2. The number of rotatable bonds is 4. The Labute approximate surface area is 150 Å². The Morgan fingerprint density at radius 3 is 2.64 bits per heavy atom. The summed E-state index contributed by atoms with van der Waals surface area (Å²) >= 11 is 0. The van der Waals surface area contributed by atoms with Crippen molar-refractivity contribution in [2.24, 2.45) is 11.8 Å². The maximum absolute atomic E-state index is 12.7. The summed E-state index contributed by atoms with van der Waals surface area (Å²) in [6.07, 6.45) is 2.94. The molecule has 0 spiro atoms. The lowest BCUT2D eigenvalue weighted by Gasteiger charge is -2.24. The Morgan fingerprint density at radius 2 is 1.96 bits per heavy atom. The van der Waals surface area contributed by atoms with E-state index in [1.54, 1.807) is 0 Å². The number of hydrogen-bond acceptors (Lipinski definition) is 2. The Balaban J connectivity index is 1.65. The van der Waals surface area contributed by atoms with Crippen molar-refractivity contribution >= 4 is 11.8 Å². The van der Waals surface area contributed by atoms with E-state index >= 15 is 0 Å². The maximum Gasteiger partial charge on any atom is 0.254 e. The van der Waals surface area contributed by atoms with Crippen LogP contribution in [-0.4, -0.2) is 40.7 Å². The molecule has 134 valence electrons. The van der Waals surface area contributed by atoms with Crippen LogP contribution in [0.25, 0.3) is 0 Å². The van der Waals surface area contributed by atoms with Gasteiger partial charge in [-0.05, 0) is 36.8 Å². The molecule has 1 aromatic rings. The zero-order chi connectivity index (χ0) is 18.1. The summed E-state index contributed by atoms with van der Waals surface area (Å²) in [4.78, 5) is 29.2. The highest BCUT2D eigenvalue weighted by Gasteiger charge is 2.37. The zero-order valence-corrected chi connectivity index (χ0v) is 15.7. The molecule has 1 fully saturated rings. The van der Waals surface area contributed by atoms with Gasteiger partial charge < -0.3 is 9.80 Å². The minimum absolute atomic E-state index is 0.107. The monoisotopic (exact) mass is 340 g/mol. The lowest BCUT2D eigenvalue weighted by Crippen LogP contribution is -2.39. The maximum atomic E-state index is 12.7. The topological polar surface area (TPSA) is 40.6 Å². The van der Waals surface area contributed by atoms with Crippen molar-refractivity contribution in [2.45, 2.75) is 46.7 Å². The predicted octanol–water partition coefficient (Wildman–Crippen LogP) is 3.48. The molecule has 0 N–H and O–H groups in total. The van der Waals surface area contributed by atoms with Gasteiger partial charge in [0.25, 0.3) is 5.91 Å². The minimum atomic E-state index is 0.107. The first-order valence-electron chi connectivity index (χ1n) is 9.25. The Morgan fingerprint density at radius 1 is 1.24 bits per heavy atom. The van der Waals surface area contributed by atoms with Gasteiger partial charge in [0, 0.05) is 30.8 Å². The normalized spacial score (nSPS) is 21.9. The van der Waals surface area contributed by atoms with E-state index in [2.05, 4.69) is 26.8 Å². The summed E-state index contributed by atoms with van der Waals surface area (Å²) in [5.41, 5.74) is 2.73. The lowest BCUT2D eigenvalue weighted by atomic mass is 9.95. The molecule has 2 heterocycles.